The normalized spacial score (nSPS) is 16.8. The first kappa shape index (κ1) is 44.8. The number of piperidine rings is 1. The molecule has 274 valence electrons. The van der Waals surface area contributed by atoms with Crippen LogP contribution in [-0.2, 0) is 19.2 Å². The van der Waals surface area contributed by atoms with Gasteiger partial charge in [0.25, 0.3) is 0 Å². The fourth-order valence-electron chi connectivity index (χ4n) is 5.27. The molecule has 2 heterocycles. The minimum absolute atomic E-state index is 0.0511. The summed E-state index contributed by atoms with van der Waals surface area (Å²) in [6.45, 7) is 21.8. The molecule has 2 aliphatic rings. The lowest BCUT2D eigenvalue weighted by Crippen LogP contribution is -2.47. The Labute approximate surface area is 291 Å². The predicted molar refractivity (Wildman–Crippen MR) is 196 cm³/mol. The van der Waals surface area contributed by atoms with E-state index in [0.29, 0.717) is 24.9 Å². The van der Waals surface area contributed by atoms with E-state index in [1.165, 1.54) is 42.8 Å². The molecule has 2 fully saturated rings. The van der Waals surface area contributed by atoms with Crippen molar-refractivity contribution in [3.8, 4) is 0 Å². The zero-order valence-electron chi connectivity index (χ0n) is 31.6. The molecule has 0 aliphatic carbocycles. The van der Waals surface area contributed by atoms with Crippen molar-refractivity contribution in [3.63, 3.8) is 0 Å². The average molecular weight is 674 g/mol. The molecule has 2 aliphatic heterocycles. The second-order valence-corrected chi connectivity index (χ2v) is 13.8. The number of nitrogens with one attached hydrogen (secondary N) is 2. The number of benzene rings is 1. The fourth-order valence-corrected chi connectivity index (χ4v) is 5.27. The zero-order chi connectivity index (χ0) is 36.6. The molecule has 4 amide bonds. The number of aryl methyl sites for hydroxylation is 1. The van der Waals surface area contributed by atoms with Crippen LogP contribution < -0.4 is 10.6 Å². The van der Waals surface area contributed by atoms with Crippen LogP contribution in [0.2, 0.25) is 0 Å². The maximum Gasteiger partial charge on any atom is 0.249 e. The van der Waals surface area contributed by atoms with Crippen molar-refractivity contribution in [2.24, 2.45) is 11.8 Å². The Morgan fingerprint density at radius 3 is 1.98 bits per heavy atom. The van der Waals surface area contributed by atoms with Gasteiger partial charge in [-0.1, -0.05) is 83.0 Å². The van der Waals surface area contributed by atoms with Crippen LogP contribution in [0.5, 0.6) is 0 Å². The quantitative estimate of drug-likeness (QED) is 0.229. The van der Waals surface area contributed by atoms with Crippen LogP contribution in [0.15, 0.2) is 42.0 Å². The Balaban J connectivity index is 0.000000879. The number of carbonyl (C=O) groups excluding carboxylic acids is 4. The number of hydrogen-bond donors (Lipinski definition) is 3. The molecule has 0 unspecified atom stereocenters. The highest BCUT2D eigenvalue weighted by molar-refractivity contribution is 5.97. The van der Waals surface area contributed by atoms with E-state index in [1.54, 1.807) is 24.9 Å². The van der Waals surface area contributed by atoms with Gasteiger partial charge in [-0.25, -0.2) is 0 Å². The summed E-state index contributed by atoms with van der Waals surface area (Å²) in [7, 11) is 1.63. The molecule has 2 saturated heterocycles. The third-order valence-corrected chi connectivity index (χ3v) is 7.91. The summed E-state index contributed by atoms with van der Waals surface area (Å²) in [5.74, 6) is 0.124. The van der Waals surface area contributed by atoms with E-state index in [9.17, 15) is 19.2 Å². The molecule has 0 saturated carbocycles. The monoisotopic (exact) mass is 674 g/mol. The molecule has 2 atom stereocenters. The summed E-state index contributed by atoms with van der Waals surface area (Å²) in [5, 5.41) is 13.8. The van der Waals surface area contributed by atoms with Crippen molar-refractivity contribution in [2.75, 3.05) is 46.4 Å². The third-order valence-electron chi connectivity index (χ3n) is 7.91. The van der Waals surface area contributed by atoms with Crippen LogP contribution in [0.25, 0.3) is 0 Å². The summed E-state index contributed by atoms with van der Waals surface area (Å²) >= 11 is 0. The van der Waals surface area contributed by atoms with Gasteiger partial charge in [0.2, 0.25) is 24.1 Å². The Morgan fingerprint density at radius 2 is 1.54 bits per heavy atom. The Morgan fingerprint density at radius 1 is 0.958 bits per heavy atom. The molecule has 0 spiro atoms. The average Bonchev–Trinajstić information content (AvgIpc) is 3.55. The molecular formula is C38H67N5O5. The van der Waals surface area contributed by atoms with E-state index in [0.717, 1.165) is 18.4 Å². The van der Waals surface area contributed by atoms with E-state index in [1.807, 2.05) is 32.0 Å². The van der Waals surface area contributed by atoms with Crippen LogP contribution in [0.3, 0.4) is 0 Å². The summed E-state index contributed by atoms with van der Waals surface area (Å²) in [6.07, 6.45) is 7.81. The number of amides is 4. The lowest BCUT2D eigenvalue weighted by Gasteiger charge is -2.30. The van der Waals surface area contributed by atoms with Crippen LogP contribution in [-0.4, -0.2) is 108 Å². The zero-order valence-corrected chi connectivity index (χ0v) is 31.6. The first-order valence-corrected chi connectivity index (χ1v) is 17.7. The second kappa shape index (κ2) is 25.7. The number of hydrogen-bond acceptors (Lipinski definition) is 6. The van der Waals surface area contributed by atoms with Gasteiger partial charge in [-0.05, 0) is 78.3 Å². The SMILES string of the molecule is C/C(=C\[C@H](C(C)C)N(C)C(=O)CNC=O)C(=O)N1CCC[C@H]1C(=O)NCCO.CC(C)C.CC(C)N1CCCCC1.Cc1ccccc1. The van der Waals surface area contributed by atoms with Crippen molar-refractivity contribution >= 4 is 24.1 Å². The summed E-state index contributed by atoms with van der Waals surface area (Å²) in [6, 6.07) is 10.2. The summed E-state index contributed by atoms with van der Waals surface area (Å²) in [5.41, 5.74) is 1.78. The van der Waals surface area contributed by atoms with Gasteiger partial charge >= 0.3 is 0 Å². The maximum absolute atomic E-state index is 12.9. The number of rotatable bonds is 11. The highest BCUT2D eigenvalue weighted by atomic mass is 16.3. The number of aliphatic hydroxyl groups is 1. The molecule has 0 aromatic heterocycles. The lowest BCUT2D eigenvalue weighted by atomic mass is 9.99. The van der Waals surface area contributed by atoms with E-state index in [4.69, 9.17) is 5.11 Å². The summed E-state index contributed by atoms with van der Waals surface area (Å²) < 4.78 is 0. The molecule has 10 nitrogen and oxygen atoms in total. The van der Waals surface area contributed by atoms with E-state index >= 15 is 0 Å². The van der Waals surface area contributed by atoms with Crippen LogP contribution in [0.4, 0.5) is 0 Å². The number of likely N-dealkylation sites (tertiary alicyclic amines) is 2. The van der Waals surface area contributed by atoms with Crippen LogP contribution in [0.1, 0.15) is 93.1 Å². The Kier molecular flexibility index (Phi) is 24.0. The van der Waals surface area contributed by atoms with Gasteiger partial charge in [0, 0.05) is 31.8 Å². The molecule has 1 aromatic rings. The fraction of sp³-hybridized carbons (Fsp3) is 0.684. The van der Waals surface area contributed by atoms with Gasteiger partial charge in [-0.3, -0.25) is 19.2 Å². The van der Waals surface area contributed by atoms with E-state index in [-0.39, 0.29) is 49.4 Å². The van der Waals surface area contributed by atoms with Gasteiger partial charge in [0.05, 0.1) is 19.2 Å². The molecule has 48 heavy (non-hydrogen) atoms. The number of likely N-dealkylation sites (N-methyl/N-ethyl adjacent to an activating group) is 1. The Hall–Kier alpha value is -3.24. The highest BCUT2D eigenvalue weighted by Crippen LogP contribution is 2.21. The Bertz CT molecular complexity index is 1070. The molecule has 3 N–H and O–H groups in total. The van der Waals surface area contributed by atoms with E-state index < -0.39 is 6.04 Å². The highest BCUT2D eigenvalue weighted by Gasteiger charge is 2.34. The van der Waals surface area contributed by atoms with Crippen molar-refractivity contribution < 1.29 is 24.3 Å². The smallest absolute Gasteiger partial charge is 0.249 e. The predicted octanol–water partition coefficient (Wildman–Crippen LogP) is 4.80. The number of carbonyl (C=O) groups is 4. The molecular weight excluding hydrogens is 606 g/mol. The standard InChI is InChI=1S/C19H32N4O5.C8H17N.C7H8.C4H10/c1-13(2)16(22(4)17(26)11-20-12-25)10-14(3)19(28)23-8-5-6-15(23)18(27)21-7-9-24;1-8(2)9-6-4-3-5-7-9;1-7-5-3-2-4-6-7;1-4(2)3/h10,12-13,15-16,24H,5-9,11H2,1-4H3,(H,20,25)(H,21,27);8H,3-7H2,1-2H3;2-6H,1H3;4H,1-3H3/b14-10+;;;/t15-,16+;;;/m0.../s1. The minimum Gasteiger partial charge on any atom is -0.395 e. The summed E-state index contributed by atoms with van der Waals surface area (Å²) in [4.78, 5) is 53.4. The lowest BCUT2D eigenvalue weighted by molar-refractivity contribution is -0.135. The van der Waals surface area contributed by atoms with Crippen LogP contribution >= 0.6 is 0 Å². The second-order valence-electron chi connectivity index (χ2n) is 13.8. The van der Waals surface area contributed by atoms with Gasteiger partial charge in [0.1, 0.15) is 6.04 Å². The topological polar surface area (TPSA) is 122 Å². The molecule has 3 rings (SSSR count). The van der Waals surface area contributed by atoms with Gasteiger partial charge in [0.15, 0.2) is 0 Å². The largest absolute Gasteiger partial charge is 0.395 e. The van der Waals surface area contributed by atoms with Gasteiger partial charge < -0.3 is 30.4 Å². The number of aliphatic hydroxyl groups excluding tert-OH is 1. The first-order chi connectivity index (χ1) is 22.7. The minimum atomic E-state index is -0.545. The van der Waals surface area contributed by atoms with E-state index in [2.05, 4.69) is 69.2 Å². The van der Waals surface area contributed by atoms with Crippen LogP contribution in [0, 0.1) is 18.8 Å². The van der Waals surface area contributed by atoms with Gasteiger partial charge in [-0.2, -0.15) is 0 Å². The van der Waals surface area contributed by atoms with Crippen molar-refractivity contribution in [1.82, 2.24) is 25.3 Å². The number of nitrogens with zero attached hydrogens (tertiary/aromatic N) is 3. The molecule has 1 aromatic carbocycles. The maximum atomic E-state index is 12.9. The van der Waals surface area contributed by atoms with Gasteiger partial charge in [-0.15, -0.1) is 0 Å². The molecule has 0 bridgehead atoms. The molecule has 0 radical (unpaired) electrons. The molecule has 10 heteroatoms. The first-order valence-electron chi connectivity index (χ1n) is 17.7. The van der Waals surface area contributed by atoms with Crippen molar-refractivity contribution in [2.45, 2.75) is 113 Å². The third kappa shape index (κ3) is 18.9. The van der Waals surface area contributed by atoms with Crippen molar-refractivity contribution in [1.29, 1.82) is 0 Å². The van der Waals surface area contributed by atoms with Crippen molar-refractivity contribution in [3.05, 3.63) is 47.5 Å².